The van der Waals surface area contributed by atoms with Gasteiger partial charge in [-0.2, -0.15) is 0 Å². The Morgan fingerprint density at radius 2 is 1.79 bits per heavy atom. The quantitative estimate of drug-likeness (QED) is 0.769. The number of phenols is 1. The normalized spacial score (nSPS) is 13.1. The molecule has 1 aromatic carbocycles. The second-order valence-corrected chi connectivity index (χ2v) is 4.11. The lowest BCUT2D eigenvalue weighted by molar-refractivity contribution is 0.391. The predicted molar refractivity (Wildman–Crippen MR) is 59.2 cm³/mol. The molecule has 0 fully saturated rings. The molecule has 0 spiro atoms. The van der Waals surface area contributed by atoms with Crippen molar-refractivity contribution in [3.63, 3.8) is 0 Å². The van der Waals surface area contributed by atoms with Crippen molar-refractivity contribution in [2.45, 2.75) is 20.3 Å². The molecule has 0 aliphatic heterocycles. The van der Waals surface area contributed by atoms with Crippen molar-refractivity contribution >= 4 is 0 Å². The lowest BCUT2D eigenvalue weighted by atomic mass is 9.89. The molecule has 0 amide bonds. The summed E-state index contributed by atoms with van der Waals surface area (Å²) in [7, 11) is 0. The fourth-order valence-corrected chi connectivity index (χ4v) is 1.53. The zero-order chi connectivity index (χ0) is 10.6. The summed E-state index contributed by atoms with van der Waals surface area (Å²) in [4.78, 5) is 0. The van der Waals surface area contributed by atoms with E-state index in [2.05, 4.69) is 13.8 Å². The van der Waals surface area contributed by atoms with Gasteiger partial charge in [-0.15, -0.1) is 0 Å². The summed E-state index contributed by atoms with van der Waals surface area (Å²) in [5, 5.41) is 9.13. The molecular weight excluding hydrogens is 174 g/mol. The highest BCUT2D eigenvalue weighted by Gasteiger charge is 2.11. The molecule has 1 unspecified atom stereocenters. The van der Waals surface area contributed by atoms with Crippen molar-refractivity contribution in [1.29, 1.82) is 0 Å². The average Bonchev–Trinajstić information content (AvgIpc) is 2.16. The number of nitrogens with two attached hydrogens (primary N) is 1. The Bertz CT molecular complexity index is 266. The molecule has 2 heteroatoms. The van der Waals surface area contributed by atoms with Gasteiger partial charge < -0.3 is 10.8 Å². The zero-order valence-electron chi connectivity index (χ0n) is 8.90. The number of hydrogen-bond donors (Lipinski definition) is 2. The summed E-state index contributed by atoms with van der Waals surface area (Å²) in [6.07, 6.45) is 0.994. The zero-order valence-corrected chi connectivity index (χ0v) is 8.90. The Balaban J connectivity index is 2.63. The Morgan fingerprint density at radius 3 is 2.21 bits per heavy atom. The van der Waals surface area contributed by atoms with Gasteiger partial charge in [0.25, 0.3) is 0 Å². The van der Waals surface area contributed by atoms with Crippen molar-refractivity contribution in [2.24, 2.45) is 17.6 Å². The highest BCUT2D eigenvalue weighted by Crippen LogP contribution is 2.18. The van der Waals surface area contributed by atoms with Gasteiger partial charge in [0, 0.05) is 0 Å². The molecule has 1 aromatic rings. The molecule has 0 saturated carbocycles. The Kier molecular flexibility index (Phi) is 3.96. The van der Waals surface area contributed by atoms with Crippen LogP contribution in [0.2, 0.25) is 0 Å². The summed E-state index contributed by atoms with van der Waals surface area (Å²) in [6.45, 7) is 5.11. The Morgan fingerprint density at radius 1 is 1.21 bits per heavy atom. The van der Waals surface area contributed by atoms with E-state index in [4.69, 9.17) is 10.8 Å². The van der Waals surface area contributed by atoms with Crippen LogP contribution in [-0.4, -0.2) is 11.7 Å². The number of phenolic OH excluding ortho intramolecular Hbond substituents is 1. The molecule has 0 aromatic heterocycles. The maximum atomic E-state index is 9.13. The van der Waals surface area contributed by atoms with Gasteiger partial charge in [-0.1, -0.05) is 26.0 Å². The van der Waals surface area contributed by atoms with Crippen molar-refractivity contribution < 1.29 is 5.11 Å². The summed E-state index contributed by atoms with van der Waals surface area (Å²) < 4.78 is 0. The molecule has 78 valence electrons. The van der Waals surface area contributed by atoms with Crippen LogP contribution in [-0.2, 0) is 6.42 Å². The minimum Gasteiger partial charge on any atom is -0.508 e. The van der Waals surface area contributed by atoms with Crippen LogP contribution < -0.4 is 5.73 Å². The molecule has 0 heterocycles. The molecule has 1 rings (SSSR count). The second kappa shape index (κ2) is 5.01. The Labute approximate surface area is 85.8 Å². The summed E-state index contributed by atoms with van der Waals surface area (Å²) >= 11 is 0. The van der Waals surface area contributed by atoms with Crippen LogP contribution in [0.15, 0.2) is 24.3 Å². The van der Waals surface area contributed by atoms with Crippen molar-refractivity contribution in [1.82, 2.24) is 0 Å². The summed E-state index contributed by atoms with van der Waals surface area (Å²) in [5.41, 5.74) is 6.94. The maximum absolute atomic E-state index is 9.13. The first-order valence-electron chi connectivity index (χ1n) is 5.11. The van der Waals surface area contributed by atoms with Gasteiger partial charge in [-0.3, -0.25) is 0 Å². The number of benzene rings is 1. The maximum Gasteiger partial charge on any atom is 0.115 e. The first-order chi connectivity index (χ1) is 6.63. The van der Waals surface area contributed by atoms with E-state index in [-0.39, 0.29) is 0 Å². The molecule has 0 radical (unpaired) electrons. The van der Waals surface area contributed by atoms with E-state index in [1.54, 1.807) is 12.1 Å². The number of hydrogen-bond acceptors (Lipinski definition) is 2. The molecule has 2 nitrogen and oxygen atoms in total. The van der Waals surface area contributed by atoms with E-state index in [1.807, 2.05) is 12.1 Å². The van der Waals surface area contributed by atoms with Crippen LogP contribution in [0.5, 0.6) is 5.75 Å². The minimum atomic E-state index is 0.322. The van der Waals surface area contributed by atoms with Gasteiger partial charge in [0.2, 0.25) is 0 Å². The topological polar surface area (TPSA) is 46.2 Å². The third kappa shape index (κ3) is 3.04. The molecule has 0 aliphatic carbocycles. The Hall–Kier alpha value is -1.02. The van der Waals surface area contributed by atoms with Crippen LogP contribution in [0.1, 0.15) is 19.4 Å². The van der Waals surface area contributed by atoms with Gasteiger partial charge >= 0.3 is 0 Å². The summed E-state index contributed by atoms with van der Waals surface area (Å²) in [6, 6.07) is 7.37. The van der Waals surface area contributed by atoms with Gasteiger partial charge in [0.15, 0.2) is 0 Å². The van der Waals surface area contributed by atoms with Crippen molar-refractivity contribution in [3.8, 4) is 5.75 Å². The van der Waals surface area contributed by atoms with Gasteiger partial charge in [-0.25, -0.2) is 0 Å². The third-order valence-corrected chi connectivity index (χ3v) is 2.68. The lowest BCUT2D eigenvalue weighted by Gasteiger charge is -2.18. The predicted octanol–water partition coefficient (Wildman–Crippen LogP) is 2.17. The van der Waals surface area contributed by atoms with Gasteiger partial charge in [0.1, 0.15) is 5.75 Å². The van der Waals surface area contributed by atoms with Crippen LogP contribution in [0.4, 0.5) is 0 Å². The highest BCUT2D eigenvalue weighted by molar-refractivity contribution is 5.26. The number of rotatable bonds is 4. The van der Waals surface area contributed by atoms with Crippen LogP contribution in [0.25, 0.3) is 0 Å². The van der Waals surface area contributed by atoms with E-state index in [1.165, 1.54) is 5.56 Å². The van der Waals surface area contributed by atoms with Gasteiger partial charge in [-0.05, 0) is 42.5 Å². The van der Waals surface area contributed by atoms with E-state index < -0.39 is 0 Å². The molecule has 1 atom stereocenters. The van der Waals surface area contributed by atoms with Crippen LogP contribution in [0.3, 0.4) is 0 Å². The van der Waals surface area contributed by atoms with Crippen molar-refractivity contribution in [3.05, 3.63) is 29.8 Å². The largest absolute Gasteiger partial charge is 0.508 e. The second-order valence-electron chi connectivity index (χ2n) is 4.11. The fraction of sp³-hybridized carbons (Fsp3) is 0.500. The molecule has 0 bridgehead atoms. The number of aromatic hydroxyl groups is 1. The first kappa shape index (κ1) is 11.1. The lowest BCUT2D eigenvalue weighted by Crippen LogP contribution is -2.22. The standard InChI is InChI=1S/C12H19NO/c1-9(2)11(8-13)7-10-3-5-12(14)6-4-10/h3-6,9,11,14H,7-8,13H2,1-2H3. The molecule has 14 heavy (non-hydrogen) atoms. The first-order valence-corrected chi connectivity index (χ1v) is 5.11. The van der Waals surface area contributed by atoms with Crippen LogP contribution >= 0.6 is 0 Å². The smallest absolute Gasteiger partial charge is 0.115 e. The van der Waals surface area contributed by atoms with E-state index in [0.29, 0.717) is 17.6 Å². The third-order valence-electron chi connectivity index (χ3n) is 2.68. The molecule has 3 N–H and O–H groups in total. The average molecular weight is 193 g/mol. The fourth-order valence-electron chi connectivity index (χ4n) is 1.53. The van der Waals surface area contributed by atoms with E-state index >= 15 is 0 Å². The molecule has 0 aliphatic rings. The molecule has 0 saturated heterocycles. The SMILES string of the molecule is CC(C)C(CN)Cc1ccc(O)cc1. The van der Waals surface area contributed by atoms with Crippen LogP contribution in [0, 0.1) is 11.8 Å². The van der Waals surface area contributed by atoms with Gasteiger partial charge in [0.05, 0.1) is 0 Å². The van der Waals surface area contributed by atoms with E-state index in [0.717, 1.165) is 13.0 Å². The highest BCUT2D eigenvalue weighted by atomic mass is 16.3. The van der Waals surface area contributed by atoms with E-state index in [9.17, 15) is 0 Å². The monoisotopic (exact) mass is 193 g/mol. The molecular formula is C12H19NO. The summed E-state index contributed by atoms with van der Waals surface area (Å²) in [5.74, 6) is 1.45. The van der Waals surface area contributed by atoms with Crippen molar-refractivity contribution in [2.75, 3.05) is 6.54 Å². The minimum absolute atomic E-state index is 0.322.